The molecule has 0 radical (unpaired) electrons. The van der Waals surface area contributed by atoms with E-state index in [-0.39, 0.29) is 17.0 Å². The van der Waals surface area contributed by atoms with Crippen LogP contribution in [0.5, 0.6) is 5.75 Å². The van der Waals surface area contributed by atoms with Crippen molar-refractivity contribution < 1.29 is 14.8 Å². The molecule has 0 unspecified atom stereocenters. The number of nitrogens with one attached hydrogen (secondary N) is 1. The quantitative estimate of drug-likeness (QED) is 0.383. The number of phenols is 1. The van der Waals surface area contributed by atoms with Gasteiger partial charge in [0.1, 0.15) is 5.75 Å². The van der Waals surface area contributed by atoms with Crippen LogP contribution in [-0.2, 0) is 0 Å². The molecule has 7 nitrogen and oxygen atoms in total. The summed E-state index contributed by atoms with van der Waals surface area (Å²) in [6.07, 6.45) is 1.29. The smallest absolute Gasteiger partial charge is 0.284 e. The van der Waals surface area contributed by atoms with Gasteiger partial charge in [0, 0.05) is 11.6 Å². The molecule has 130 valence electrons. The van der Waals surface area contributed by atoms with Gasteiger partial charge >= 0.3 is 0 Å². The maximum absolute atomic E-state index is 12.2. The molecule has 3 aromatic rings. The molecule has 0 aliphatic carbocycles. The molecular formula is C18H12BrN3O4. The first-order chi connectivity index (χ1) is 12.5. The molecule has 3 aromatic carbocycles. The van der Waals surface area contributed by atoms with Crippen LogP contribution in [0.4, 0.5) is 5.69 Å². The summed E-state index contributed by atoms with van der Waals surface area (Å²) < 4.78 is 0.352. The summed E-state index contributed by atoms with van der Waals surface area (Å²) in [4.78, 5) is 22.6. The van der Waals surface area contributed by atoms with Gasteiger partial charge in [0.25, 0.3) is 11.6 Å². The maximum atomic E-state index is 12.2. The van der Waals surface area contributed by atoms with Gasteiger partial charge in [-0.2, -0.15) is 5.10 Å². The van der Waals surface area contributed by atoms with Crippen molar-refractivity contribution in [2.24, 2.45) is 5.10 Å². The number of hydrazone groups is 1. The minimum Gasteiger partial charge on any atom is -0.507 e. The number of rotatable bonds is 4. The van der Waals surface area contributed by atoms with Crippen LogP contribution in [0.25, 0.3) is 10.8 Å². The Bertz CT molecular complexity index is 1050. The maximum Gasteiger partial charge on any atom is 0.284 e. The SMILES string of the molecule is O=C(N/N=C\c1ccc(Br)c([N+](=O)[O-])c1)c1cc2ccccc2cc1O. The van der Waals surface area contributed by atoms with E-state index < -0.39 is 10.8 Å². The molecule has 26 heavy (non-hydrogen) atoms. The zero-order chi connectivity index (χ0) is 18.7. The van der Waals surface area contributed by atoms with Gasteiger partial charge in [-0.1, -0.05) is 30.3 Å². The summed E-state index contributed by atoms with van der Waals surface area (Å²) in [5, 5.41) is 26.4. The monoisotopic (exact) mass is 413 g/mol. The van der Waals surface area contributed by atoms with Crippen LogP contribution in [0.15, 0.2) is 64.2 Å². The number of hydrogen-bond acceptors (Lipinski definition) is 5. The third-order valence-corrected chi connectivity index (χ3v) is 4.33. The third kappa shape index (κ3) is 3.70. The lowest BCUT2D eigenvalue weighted by molar-refractivity contribution is -0.385. The fourth-order valence-electron chi connectivity index (χ4n) is 2.39. The van der Waals surface area contributed by atoms with E-state index >= 15 is 0 Å². The van der Waals surface area contributed by atoms with Crippen LogP contribution in [0.2, 0.25) is 0 Å². The summed E-state index contributed by atoms with van der Waals surface area (Å²) in [6.45, 7) is 0. The zero-order valence-corrected chi connectivity index (χ0v) is 14.8. The summed E-state index contributed by atoms with van der Waals surface area (Å²) >= 11 is 3.10. The van der Waals surface area contributed by atoms with Crippen molar-refractivity contribution in [2.75, 3.05) is 0 Å². The van der Waals surface area contributed by atoms with E-state index in [2.05, 4.69) is 26.5 Å². The van der Waals surface area contributed by atoms with Crippen molar-refractivity contribution in [3.63, 3.8) is 0 Å². The molecule has 0 fully saturated rings. The fourth-order valence-corrected chi connectivity index (χ4v) is 2.78. The van der Waals surface area contributed by atoms with Gasteiger partial charge in [-0.25, -0.2) is 5.43 Å². The van der Waals surface area contributed by atoms with E-state index in [4.69, 9.17) is 0 Å². The van der Waals surface area contributed by atoms with Crippen LogP contribution < -0.4 is 5.43 Å². The molecule has 0 aliphatic heterocycles. The Balaban J connectivity index is 1.79. The molecule has 0 aromatic heterocycles. The molecule has 0 saturated carbocycles. The highest BCUT2D eigenvalue weighted by atomic mass is 79.9. The largest absolute Gasteiger partial charge is 0.507 e. The summed E-state index contributed by atoms with van der Waals surface area (Å²) in [7, 11) is 0. The number of fused-ring (bicyclic) bond motifs is 1. The molecule has 0 bridgehead atoms. The number of nitro groups is 1. The number of hydrogen-bond donors (Lipinski definition) is 2. The van der Waals surface area contributed by atoms with Crippen molar-refractivity contribution in [3.8, 4) is 5.75 Å². The Morgan fingerprint density at radius 2 is 1.85 bits per heavy atom. The Kier molecular flexibility index (Phi) is 4.94. The number of carbonyl (C=O) groups is 1. The van der Waals surface area contributed by atoms with Crippen LogP contribution in [0.1, 0.15) is 15.9 Å². The molecule has 1 amide bonds. The number of amides is 1. The molecule has 0 aliphatic rings. The second-order valence-corrected chi connectivity index (χ2v) is 6.24. The number of phenolic OH excluding ortho intramolecular Hbond substituents is 1. The van der Waals surface area contributed by atoms with Crippen LogP contribution >= 0.6 is 15.9 Å². The van der Waals surface area contributed by atoms with Gasteiger partial charge in [-0.05, 0) is 44.9 Å². The lowest BCUT2D eigenvalue weighted by Gasteiger charge is -2.05. The van der Waals surface area contributed by atoms with Crippen LogP contribution in [0, 0.1) is 10.1 Å². The summed E-state index contributed by atoms with van der Waals surface area (Å²) in [6, 6.07) is 14.9. The first kappa shape index (κ1) is 17.6. The lowest BCUT2D eigenvalue weighted by atomic mass is 10.1. The Morgan fingerprint density at radius 3 is 2.54 bits per heavy atom. The highest BCUT2D eigenvalue weighted by Crippen LogP contribution is 2.26. The van der Waals surface area contributed by atoms with E-state index in [0.29, 0.717) is 10.0 Å². The number of nitrogens with zero attached hydrogens (tertiary/aromatic N) is 2. The number of aromatic hydroxyl groups is 1. The average Bonchev–Trinajstić information content (AvgIpc) is 2.62. The number of nitro benzene ring substituents is 1. The number of carbonyl (C=O) groups excluding carboxylic acids is 1. The zero-order valence-electron chi connectivity index (χ0n) is 13.2. The molecular weight excluding hydrogens is 402 g/mol. The van der Waals surface area contributed by atoms with Gasteiger partial charge in [-0.3, -0.25) is 14.9 Å². The third-order valence-electron chi connectivity index (χ3n) is 3.66. The molecule has 0 heterocycles. The Hall–Kier alpha value is -3.26. The molecule has 0 saturated heterocycles. The Morgan fingerprint density at radius 1 is 1.15 bits per heavy atom. The second kappa shape index (κ2) is 7.32. The standard InChI is InChI=1S/C18H12BrN3O4/c19-15-6-5-11(7-16(15)22(25)26)10-20-21-18(24)14-8-12-3-1-2-4-13(12)9-17(14)23/h1-10,23H,(H,21,24)/b20-10-. The van der Waals surface area contributed by atoms with Crippen LogP contribution in [0.3, 0.4) is 0 Å². The first-order valence-corrected chi connectivity index (χ1v) is 8.24. The van der Waals surface area contributed by atoms with E-state index in [1.54, 1.807) is 12.1 Å². The first-order valence-electron chi connectivity index (χ1n) is 7.45. The minimum absolute atomic E-state index is 0.0858. The molecule has 0 spiro atoms. The predicted octanol–water partition coefficient (Wildman–Crippen LogP) is 3.98. The summed E-state index contributed by atoms with van der Waals surface area (Å²) in [5.41, 5.74) is 2.73. The van der Waals surface area contributed by atoms with E-state index in [9.17, 15) is 20.0 Å². The topological polar surface area (TPSA) is 105 Å². The van der Waals surface area contributed by atoms with Gasteiger partial charge in [-0.15, -0.1) is 0 Å². The fraction of sp³-hybridized carbons (Fsp3) is 0. The highest BCUT2D eigenvalue weighted by molar-refractivity contribution is 9.10. The predicted molar refractivity (Wildman–Crippen MR) is 101 cm³/mol. The molecule has 3 rings (SSSR count). The van der Waals surface area contributed by atoms with Gasteiger partial charge in [0.15, 0.2) is 0 Å². The van der Waals surface area contributed by atoms with Gasteiger partial charge in [0.2, 0.25) is 0 Å². The van der Waals surface area contributed by atoms with Crippen LogP contribution in [-0.4, -0.2) is 22.2 Å². The van der Waals surface area contributed by atoms with Gasteiger partial charge < -0.3 is 5.11 Å². The van der Waals surface area contributed by atoms with Crippen molar-refractivity contribution in [1.29, 1.82) is 0 Å². The number of benzene rings is 3. The number of halogens is 1. The average molecular weight is 414 g/mol. The molecule has 0 atom stereocenters. The molecule has 8 heteroatoms. The summed E-state index contributed by atoms with van der Waals surface area (Å²) in [5.74, 6) is -0.744. The van der Waals surface area contributed by atoms with E-state index in [1.807, 2.05) is 24.3 Å². The second-order valence-electron chi connectivity index (χ2n) is 5.38. The van der Waals surface area contributed by atoms with Crippen molar-refractivity contribution in [2.45, 2.75) is 0 Å². The lowest BCUT2D eigenvalue weighted by Crippen LogP contribution is -2.17. The van der Waals surface area contributed by atoms with Crippen molar-refractivity contribution in [3.05, 3.63) is 80.3 Å². The minimum atomic E-state index is -0.587. The highest BCUT2D eigenvalue weighted by Gasteiger charge is 2.13. The van der Waals surface area contributed by atoms with E-state index in [1.165, 1.54) is 24.4 Å². The Labute approximate surface area is 156 Å². The van der Waals surface area contributed by atoms with Gasteiger partial charge in [0.05, 0.1) is 21.2 Å². The van der Waals surface area contributed by atoms with E-state index in [0.717, 1.165) is 10.8 Å². The van der Waals surface area contributed by atoms with Crippen molar-refractivity contribution >= 4 is 44.5 Å². The molecule has 2 N–H and O–H groups in total. The van der Waals surface area contributed by atoms with Crippen molar-refractivity contribution in [1.82, 2.24) is 5.43 Å². The normalized spacial score (nSPS) is 11.0.